The van der Waals surface area contributed by atoms with E-state index in [4.69, 9.17) is 23.7 Å². The summed E-state index contributed by atoms with van der Waals surface area (Å²) >= 11 is 4.64. The number of nitrogens with one attached hydrogen (secondary N) is 4. The van der Waals surface area contributed by atoms with Crippen LogP contribution in [0.15, 0.2) is 107 Å². The van der Waals surface area contributed by atoms with E-state index in [0.717, 1.165) is 0 Å². The predicted octanol–water partition coefficient (Wildman–Crippen LogP) is 4.39. The van der Waals surface area contributed by atoms with E-state index in [1.807, 2.05) is 6.07 Å². The number of halogens is 1. The number of rotatable bonds is 13. The molecule has 2 saturated heterocycles. The maximum Gasteiger partial charge on any atom is 0.351 e. The summed E-state index contributed by atoms with van der Waals surface area (Å²) < 4.78 is 31.0. The average Bonchev–Trinajstić information content (AvgIpc) is 4.17. The highest BCUT2D eigenvalue weighted by Gasteiger charge is 2.39. The van der Waals surface area contributed by atoms with Crippen molar-refractivity contribution in [2.45, 2.75) is 49.7 Å². The number of fused-ring (bicyclic) bond motifs is 6. The molecule has 8 heterocycles. The smallest absolute Gasteiger partial charge is 0.351 e. The number of benzene rings is 4. The van der Waals surface area contributed by atoms with Crippen LogP contribution in [0, 0.1) is 0 Å². The van der Waals surface area contributed by atoms with Crippen LogP contribution < -0.4 is 42.1 Å². The highest BCUT2D eigenvalue weighted by Crippen LogP contribution is 2.46. The SMILES string of the molecule is CCl.COCC1OC(n2cc3c(nc2=O)Nc2c(NCCN4C(=O)c5ccccc5C4=O)cccc2O3)CC1O.O=C1c2ccccc2C(=O)N1CCNc1cccc2c1Nc1nc(=O)n(C3CC(O)C(CO)O3)cc1O2. The topological polar surface area (TPSA) is 300 Å². The minimum Gasteiger partial charge on any atom is -0.450 e. The monoisotopic (exact) mass is 1070 g/mol. The molecule has 0 bridgehead atoms. The zero-order valence-electron chi connectivity index (χ0n) is 41.3. The minimum atomic E-state index is -0.897. The Morgan fingerprint density at radius 3 is 1.39 bits per heavy atom. The number of hydrogen-bond acceptors (Lipinski definition) is 20. The number of carbonyl (C=O) groups excluding carboxylic acids is 4. The van der Waals surface area contributed by atoms with Crippen LogP contribution in [0.2, 0.25) is 0 Å². The van der Waals surface area contributed by atoms with Gasteiger partial charge in [-0.05, 0) is 48.5 Å². The van der Waals surface area contributed by atoms with Gasteiger partial charge in [0.2, 0.25) is 0 Å². The Kier molecular flexibility index (Phi) is 15.0. The van der Waals surface area contributed by atoms with Gasteiger partial charge in [-0.2, -0.15) is 9.97 Å². The number of nitrogens with zero attached hydrogens (tertiary/aromatic N) is 6. The third-order valence-electron chi connectivity index (χ3n) is 13.4. The number of imide groups is 2. The van der Waals surface area contributed by atoms with Crippen LogP contribution in [0.3, 0.4) is 0 Å². The van der Waals surface area contributed by atoms with Crippen molar-refractivity contribution in [3.8, 4) is 23.0 Å². The zero-order chi connectivity index (χ0) is 54.1. The third-order valence-corrected chi connectivity index (χ3v) is 13.4. The van der Waals surface area contributed by atoms with Crippen molar-refractivity contribution in [3.63, 3.8) is 0 Å². The van der Waals surface area contributed by atoms with E-state index in [-0.39, 0.29) is 74.4 Å². The molecule has 77 heavy (non-hydrogen) atoms. The molecule has 6 aliphatic heterocycles. The van der Waals surface area contributed by atoms with Gasteiger partial charge in [0.05, 0.1) is 71.4 Å². The number of hydrogen-bond donors (Lipinski definition) is 7. The van der Waals surface area contributed by atoms with Gasteiger partial charge in [-0.25, -0.2) is 9.59 Å². The third kappa shape index (κ3) is 10.1. The van der Waals surface area contributed by atoms with Crippen molar-refractivity contribution in [2.75, 3.05) is 74.2 Å². The lowest BCUT2D eigenvalue weighted by molar-refractivity contribution is -0.0547. The van der Waals surface area contributed by atoms with Crippen molar-refractivity contribution < 1.29 is 58.2 Å². The van der Waals surface area contributed by atoms with E-state index in [1.165, 1.54) is 44.8 Å². The largest absolute Gasteiger partial charge is 0.450 e. The summed E-state index contributed by atoms with van der Waals surface area (Å²) in [4.78, 5) is 86.6. The maximum absolute atomic E-state index is 12.8. The molecule has 6 unspecified atom stereocenters. The van der Waals surface area contributed by atoms with Gasteiger partial charge < -0.3 is 60.3 Å². The number of alkyl halides is 1. The van der Waals surface area contributed by atoms with Crippen molar-refractivity contribution in [2.24, 2.45) is 0 Å². The van der Waals surface area contributed by atoms with Gasteiger partial charge in [0.1, 0.15) is 36.0 Å². The number of para-hydroxylation sites is 2. The van der Waals surface area contributed by atoms with Crippen LogP contribution in [0.1, 0.15) is 66.7 Å². The van der Waals surface area contributed by atoms with Crippen molar-refractivity contribution in [1.29, 1.82) is 0 Å². The van der Waals surface area contributed by atoms with Crippen LogP contribution in [0.25, 0.3) is 0 Å². The summed E-state index contributed by atoms with van der Waals surface area (Å²) in [6.45, 7) is 0.776. The van der Waals surface area contributed by atoms with Crippen molar-refractivity contribution >= 4 is 69.6 Å². The lowest BCUT2D eigenvalue weighted by Gasteiger charge is -2.25. The van der Waals surface area contributed by atoms with Crippen molar-refractivity contribution in [1.82, 2.24) is 28.9 Å². The number of anilines is 6. The summed E-state index contributed by atoms with van der Waals surface area (Å²) in [5.41, 5.74) is 2.86. The number of amides is 4. The van der Waals surface area contributed by atoms with E-state index in [0.29, 0.717) is 81.1 Å². The molecule has 7 N–H and O–H groups in total. The molecule has 4 aromatic carbocycles. The molecule has 2 aromatic heterocycles. The Morgan fingerprint density at radius 1 is 0.597 bits per heavy atom. The van der Waals surface area contributed by atoms with E-state index >= 15 is 0 Å². The lowest BCUT2D eigenvalue weighted by Crippen LogP contribution is -2.34. The molecule has 25 heteroatoms. The first-order chi connectivity index (χ1) is 37.4. The summed E-state index contributed by atoms with van der Waals surface area (Å²) in [5, 5.41) is 42.3. The van der Waals surface area contributed by atoms with E-state index < -0.39 is 48.3 Å². The second-order valence-corrected chi connectivity index (χ2v) is 18.1. The average molecular weight is 1080 g/mol. The molecule has 2 fully saturated rings. The molecule has 0 radical (unpaired) electrons. The molecule has 6 atom stereocenters. The molecule has 4 amide bonds. The predicted molar refractivity (Wildman–Crippen MR) is 277 cm³/mol. The Balaban J connectivity index is 0.000000169. The van der Waals surface area contributed by atoms with Crippen LogP contribution in [-0.4, -0.2) is 145 Å². The van der Waals surface area contributed by atoms with Gasteiger partial charge in [0.25, 0.3) is 23.6 Å². The molecule has 6 aromatic rings. The molecular weight excluding hydrogens is 1020 g/mol. The van der Waals surface area contributed by atoms with E-state index in [2.05, 4.69) is 42.8 Å². The second-order valence-electron chi connectivity index (χ2n) is 18.1. The molecule has 0 spiro atoms. The number of ether oxygens (including phenoxy) is 5. The number of aliphatic hydroxyl groups excluding tert-OH is 3. The summed E-state index contributed by atoms with van der Waals surface area (Å²) in [6, 6.07) is 24.2. The zero-order valence-corrected chi connectivity index (χ0v) is 42.0. The normalized spacial score (nSPS) is 21.1. The van der Waals surface area contributed by atoms with Gasteiger partial charge in [-0.15, -0.1) is 11.6 Å². The van der Waals surface area contributed by atoms with Gasteiger partial charge in [-0.3, -0.25) is 38.1 Å². The molecule has 0 saturated carbocycles. The van der Waals surface area contributed by atoms with Crippen LogP contribution >= 0.6 is 11.6 Å². The maximum atomic E-state index is 12.8. The van der Waals surface area contributed by atoms with Crippen molar-refractivity contribution in [3.05, 3.63) is 141 Å². The highest BCUT2D eigenvalue weighted by atomic mass is 35.5. The van der Waals surface area contributed by atoms with Gasteiger partial charge in [0, 0.05) is 52.5 Å². The fourth-order valence-electron chi connectivity index (χ4n) is 9.64. The number of carbonyl (C=O) groups is 4. The summed E-state index contributed by atoms with van der Waals surface area (Å²) in [7, 11) is 1.51. The van der Waals surface area contributed by atoms with Gasteiger partial charge in [0.15, 0.2) is 34.6 Å². The quantitative estimate of drug-likeness (QED) is 0.0622. The number of aromatic nitrogens is 4. The Morgan fingerprint density at radius 2 is 1.00 bits per heavy atom. The van der Waals surface area contributed by atoms with Crippen LogP contribution in [0.4, 0.5) is 34.4 Å². The molecule has 0 aliphatic carbocycles. The molecule has 400 valence electrons. The first kappa shape index (κ1) is 52.2. The van der Waals surface area contributed by atoms with E-state index in [1.54, 1.807) is 78.9 Å². The highest BCUT2D eigenvalue weighted by molar-refractivity contribution is 6.22. The molecule has 6 aliphatic rings. The lowest BCUT2D eigenvalue weighted by atomic mass is 10.1. The summed E-state index contributed by atoms with van der Waals surface area (Å²) in [6.07, 6.45) is 0.339. The molecule has 12 rings (SSSR count). The standard InChI is InChI=1S/C26H25N5O7.C25H23N5O7.CH3Cl/c1-36-13-20-17(32)11-21(38-20)31-12-19-23(29-26(31)35)28-22-16(7-4-8-18(22)37-19)27-9-10-30-24(33)14-5-2-3-6-15(14)25(30)34;31-12-19-16(32)10-20(37-19)30-11-18-22(28-25(30)35)27-21-15(6-3-7-17(21)36-18)26-8-9-29-23(33)13-4-1-2-5-14(13)24(29)34;1-2/h2-8,12,17,20-21,27,32H,9-11,13H2,1H3,(H,28,29,35);1-7,11,16,19-20,26,31-32H,8-10,12H2,(H,27,28,35);1H3. The second kappa shape index (κ2) is 22.2. The fraction of sp³-hybridized carbons (Fsp3) is 0.308. The van der Waals surface area contributed by atoms with Crippen LogP contribution in [0.5, 0.6) is 23.0 Å². The fourth-order valence-corrected chi connectivity index (χ4v) is 9.64. The minimum absolute atomic E-state index is 0.136. The van der Waals surface area contributed by atoms with Gasteiger partial charge >= 0.3 is 11.4 Å². The molecule has 24 nitrogen and oxygen atoms in total. The summed E-state index contributed by atoms with van der Waals surface area (Å²) in [5.74, 6) is 0.771. The Hall–Kier alpha value is -8.23. The van der Waals surface area contributed by atoms with Crippen LogP contribution in [-0.2, 0) is 14.2 Å². The first-order valence-electron chi connectivity index (χ1n) is 24.3. The Bertz CT molecular complexity index is 3340. The molecular formula is C52H51ClN10O14. The first-order valence-corrected chi connectivity index (χ1v) is 25.1. The number of aliphatic hydroxyl groups is 3. The van der Waals surface area contributed by atoms with E-state index in [9.17, 15) is 44.1 Å². The number of methoxy groups -OCH3 is 1. The van der Waals surface area contributed by atoms with Gasteiger partial charge in [-0.1, -0.05) is 36.4 Å². The Labute approximate surface area is 442 Å².